The molecule has 6 heteroatoms. The normalized spacial score (nSPS) is 11.9. The lowest BCUT2D eigenvalue weighted by molar-refractivity contribution is 0.0697. The highest BCUT2D eigenvalue weighted by atomic mass is 32.2. The monoisotopic (exact) mass is 290 g/mol. The minimum absolute atomic E-state index is 0.106. The summed E-state index contributed by atoms with van der Waals surface area (Å²) in [7, 11) is 0. The summed E-state index contributed by atoms with van der Waals surface area (Å²) in [5, 5.41) is 8.84. The Hall–Kier alpha value is -2.18. The fraction of sp³-hybridized carbons (Fsp3) is 0.0714. The summed E-state index contributed by atoms with van der Waals surface area (Å²) in [6.45, 7) is 1.91. The average Bonchev–Trinajstić information content (AvgIpc) is 2.41. The number of nitrogens with zero attached hydrogens (tertiary/aromatic N) is 1. The third kappa shape index (κ3) is 3.04. The van der Waals surface area contributed by atoms with Gasteiger partial charge in [0.1, 0.15) is 0 Å². The van der Waals surface area contributed by atoms with Crippen molar-refractivity contribution < 1.29 is 18.7 Å². The third-order valence-corrected chi connectivity index (χ3v) is 3.49. The number of anilines is 2. The van der Waals surface area contributed by atoms with Crippen molar-refractivity contribution in [2.45, 2.75) is 6.92 Å². The van der Waals surface area contributed by atoms with Gasteiger partial charge in [0.2, 0.25) is 0 Å². The molecular weight excluding hydrogens is 278 g/mol. The number of carboxylic acids is 1. The van der Waals surface area contributed by atoms with E-state index in [2.05, 4.69) is 0 Å². The van der Waals surface area contributed by atoms with Crippen molar-refractivity contribution in [1.29, 1.82) is 0 Å². The van der Waals surface area contributed by atoms with E-state index in [4.69, 9.17) is 5.11 Å². The molecule has 0 radical (unpaired) electrons. The van der Waals surface area contributed by atoms with Gasteiger partial charge in [-0.1, -0.05) is 17.7 Å². The Balaban J connectivity index is 2.40. The Morgan fingerprint density at radius 3 is 1.90 bits per heavy atom. The van der Waals surface area contributed by atoms with Crippen LogP contribution in [0.25, 0.3) is 0 Å². The number of hydrogen-bond donors (Lipinski definition) is 1. The molecule has 0 amide bonds. The summed E-state index contributed by atoms with van der Waals surface area (Å²) in [6.07, 6.45) is 0. The van der Waals surface area contributed by atoms with Crippen LogP contribution in [0.2, 0.25) is 0 Å². The first kappa shape index (κ1) is 14.2. The molecule has 1 N–H and O–H groups in total. The first-order chi connectivity index (χ1) is 9.49. The van der Waals surface area contributed by atoms with Gasteiger partial charge in [-0.15, -0.1) is 0 Å². The van der Waals surface area contributed by atoms with Crippen molar-refractivity contribution in [3.63, 3.8) is 0 Å². The van der Waals surface area contributed by atoms with Crippen LogP contribution >= 0.6 is 0 Å². The van der Waals surface area contributed by atoms with E-state index in [9.17, 15) is 13.6 Å². The predicted octanol–water partition coefficient (Wildman–Crippen LogP) is 2.63. The smallest absolute Gasteiger partial charge is 0.335 e. The molecule has 0 saturated heterocycles. The van der Waals surface area contributed by atoms with Crippen LogP contribution in [0, 0.1) is 6.92 Å². The molecule has 0 saturated carbocycles. The fourth-order valence-corrected chi connectivity index (χ4v) is 2.33. The van der Waals surface area contributed by atoms with E-state index in [0.717, 1.165) is 9.87 Å². The standard InChI is InChI=1S/C14H13NO4S/c1-10-2-6-12(7-3-10)15(20(18)19)13-8-4-11(5-9-13)14(16)17/h2-9H,1H3,(H,16,17)(H,18,19)/p-1. The summed E-state index contributed by atoms with van der Waals surface area (Å²) in [6, 6.07) is 12.6. The quantitative estimate of drug-likeness (QED) is 0.878. The minimum atomic E-state index is -2.49. The van der Waals surface area contributed by atoms with Crippen LogP contribution in [0.3, 0.4) is 0 Å². The molecule has 20 heavy (non-hydrogen) atoms. The van der Waals surface area contributed by atoms with E-state index in [1.54, 1.807) is 24.3 Å². The zero-order valence-corrected chi connectivity index (χ0v) is 11.5. The second-order valence-electron chi connectivity index (χ2n) is 4.20. The molecule has 0 aliphatic carbocycles. The number of aryl methyl sites for hydroxylation is 1. The summed E-state index contributed by atoms with van der Waals surface area (Å²) >= 11 is -2.49. The Kier molecular flexibility index (Phi) is 4.16. The van der Waals surface area contributed by atoms with Gasteiger partial charge in [0.25, 0.3) is 0 Å². The van der Waals surface area contributed by atoms with E-state index in [-0.39, 0.29) is 5.56 Å². The van der Waals surface area contributed by atoms with Crippen LogP contribution < -0.4 is 4.31 Å². The number of carboxylic acid groups (broad SMARTS) is 1. The Morgan fingerprint density at radius 1 is 1.05 bits per heavy atom. The van der Waals surface area contributed by atoms with Crippen LogP contribution in [0.1, 0.15) is 15.9 Å². The number of hydrogen-bond acceptors (Lipinski definition) is 3. The summed E-state index contributed by atoms with van der Waals surface area (Å²) in [5.41, 5.74) is 2.00. The van der Waals surface area contributed by atoms with Gasteiger partial charge in [0.05, 0.1) is 28.2 Å². The first-order valence-corrected chi connectivity index (χ1v) is 6.82. The maximum absolute atomic E-state index is 11.4. The third-order valence-electron chi connectivity index (χ3n) is 2.77. The zero-order chi connectivity index (χ0) is 14.7. The van der Waals surface area contributed by atoms with Gasteiger partial charge in [-0.25, -0.2) is 4.79 Å². The summed E-state index contributed by atoms with van der Waals surface area (Å²) < 4.78 is 23.9. The van der Waals surface area contributed by atoms with Crippen molar-refractivity contribution in [3.05, 3.63) is 59.7 Å². The Labute approximate surface area is 118 Å². The molecule has 0 aliphatic heterocycles. The van der Waals surface area contributed by atoms with Gasteiger partial charge in [-0.3, -0.25) is 8.51 Å². The van der Waals surface area contributed by atoms with Crippen LogP contribution in [0.4, 0.5) is 11.4 Å². The second kappa shape index (κ2) is 5.85. The molecule has 0 fully saturated rings. The highest BCUT2D eigenvalue weighted by Gasteiger charge is 2.11. The predicted molar refractivity (Wildman–Crippen MR) is 75.6 cm³/mol. The molecule has 1 atom stereocenters. The fourth-order valence-electron chi connectivity index (χ4n) is 1.74. The lowest BCUT2D eigenvalue weighted by Crippen LogP contribution is -2.19. The van der Waals surface area contributed by atoms with Gasteiger partial charge < -0.3 is 9.66 Å². The molecular formula is C14H12NO4S-. The van der Waals surface area contributed by atoms with Crippen molar-refractivity contribution in [1.82, 2.24) is 0 Å². The maximum Gasteiger partial charge on any atom is 0.335 e. The molecule has 2 rings (SSSR count). The van der Waals surface area contributed by atoms with Gasteiger partial charge in [0.15, 0.2) is 0 Å². The first-order valence-electron chi connectivity index (χ1n) is 5.78. The molecule has 0 spiro atoms. The van der Waals surface area contributed by atoms with Gasteiger partial charge in [0, 0.05) is 0 Å². The minimum Gasteiger partial charge on any atom is -0.755 e. The van der Waals surface area contributed by atoms with Crippen molar-refractivity contribution >= 4 is 28.6 Å². The largest absolute Gasteiger partial charge is 0.755 e. The number of benzene rings is 2. The number of aromatic carboxylic acids is 1. The van der Waals surface area contributed by atoms with Crippen LogP contribution in [-0.4, -0.2) is 19.8 Å². The number of rotatable bonds is 4. The van der Waals surface area contributed by atoms with Gasteiger partial charge in [-0.05, 0) is 43.3 Å². The van der Waals surface area contributed by atoms with Gasteiger partial charge in [-0.2, -0.15) is 0 Å². The molecule has 1 unspecified atom stereocenters. The Bertz CT molecular complexity index is 637. The van der Waals surface area contributed by atoms with Crippen LogP contribution in [-0.2, 0) is 11.3 Å². The second-order valence-corrected chi connectivity index (χ2v) is 5.00. The maximum atomic E-state index is 11.4. The van der Waals surface area contributed by atoms with E-state index < -0.39 is 17.2 Å². The summed E-state index contributed by atoms with van der Waals surface area (Å²) in [4.78, 5) is 10.8. The average molecular weight is 290 g/mol. The van der Waals surface area contributed by atoms with E-state index >= 15 is 0 Å². The van der Waals surface area contributed by atoms with E-state index in [1.165, 1.54) is 24.3 Å². The molecule has 2 aromatic rings. The van der Waals surface area contributed by atoms with Crippen molar-refractivity contribution in [2.75, 3.05) is 4.31 Å². The molecule has 5 nitrogen and oxygen atoms in total. The highest BCUT2D eigenvalue weighted by molar-refractivity contribution is 7.81. The molecule has 0 aromatic heterocycles. The zero-order valence-electron chi connectivity index (χ0n) is 10.6. The molecule has 2 aromatic carbocycles. The summed E-state index contributed by atoms with van der Waals surface area (Å²) in [5.74, 6) is -1.05. The van der Waals surface area contributed by atoms with Crippen LogP contribution in [0.15, 0.2) is 48.5 Å². The Morgan fingerprint density at radius 2 is 1.50 bits per heavy atom. The van der Waals surface area contributed by atoms with Crippen molar-refractivity contribution in [3.8, 4) is 0 Å². The topological polar surface area (TPSA) is 80.7 Å². The lowest BCUT2D eigenvalue weighted by atomic mass is 10.2. The molecule has 0 bridgehead atoms. The molecule has 104 valence electrons. The van der Waals surface area contributed by atoms with Gasteiger partial charge >= 0.3 is 5.97 Å². The lowest BCUT2D eigenvalue weighted by Gasteiger charge is -2.26. The van der Waals surface area contributed by atoms with E-state index in [1.807, 2.05) is 6.92 Å². The van der Waals surface area contributed by atoms with Crippen molar-refractivity contribution in [2.24, 2.45) is 0 Å². The molecule has 0 heterocycles. The SMILES string of the molecule is Cc1ccc(N(c2ccc(C(=O)O)cc2)S(=O)[O-])cc1. The molecule has 0 aliphatic rings. The number of carbonyl (C=O) groups is 1. The van der Waals surface area contributed by atoms with E-state index in [0.29, 0.717) is 11.4 Å². The van der Waals surface area contributed by atoms with Crippen LogP contribution in [0.5, 0.6) is 0 Å². The highest BCUT2D eigenvalue weighted by Crippen LogP contribution is 2.27.